The normalized spacial score (nSPS) is 12.4. The summed E-state index contributed by atoms with van der Waals surface area (Å²) >= 11 is 0. The lowest BCUT2D eigenvalue weighted by Crippen LogP contribution is -2.04. The number of carbonyl (C=O) groups is 1. The summed E-state index contributed by atoms with van der Waals surface area (Å²) in [5.74, 6) is -0.215. The molecule has 0 saturated heterocycles. The summed E-state index contributed by atoms with van der Waals surface area (Å²) in [5.41, 5.74) is 1.28. The van der Waals surface area contributed by atoms with E-state index in [2.05, 4.69) is 15.5 Å². The Balaban J connectivity index is 2.02. The van der Waals surface area contributed by atoms with Crippen LogP contribution in [0.1, 0.15) is 6.92 Å². The zero-order valence-electron chi connectivity index (χ0n) is 15.3. The van der Waals surface area contributed by atoms with E-state index < -0.39 is 30.0 Å². The standard InChI is InChI=1S/C18H15N3O7S2/c1-11(22)19-13-4-6-14(7-5-13)20-21-15-3-2-12-8-16(29(23,24)25)10-18(17(12)9-15)30(26,27)28/h2-10H,1H3,(H,19,22)(H,23,24,25)(H,26,27,28)/b21-20+. The number of rotatable bonds is 5. The van der Waals surface area contributed by atoms with Crippen molar-refractivity contribution in [3.63, 3.8) is 0 Å². The number of benzene rings is 3. The van der Waals surface area contributed by atoms with E-state index in [0.29, 0.717) is 17.4 Å². The Morgan fingerprint density at radius 3 is 2.00 bits per heavy atom. The van der Waals surface area contributed by atoms with Gasteiger partial charge in [-0.15, -0.1) is 0 Å². The first-order valence-electron chi connectivity index (χ1n) is 8.26. The molecule has 3 aromatic carbocycles. The molecule has 0 radical (unpaired) electrons. The van der Waals surface area contributed by atoms with E-state index in [1.807, 2.05) is 0 Å². The van der Waals surface area contributed by atoms with E-state index in [1.54, 1.807) is 24.3 Å². The molecule has 0 bridgehead atoms. The summed E-state index contributed by atoms with van der Waals surface area (Å²) in [6.45, 7) is 1.38. The highest BCUT2D eigenvalue weighted by Gasteiger charge is 2.20. The number of nitrogens with one attached hydrogen (secondary N) is 1. The first kappa shape index (κ1) is 21.5. The van der Waals surface area contributed by atoms with Crippen molar-refractivity contribution in [3.05, 3.63) is 54.6 Å². The van der Waals surface area contributed by atoms with Crippen molar-refractivity contribution in [3.8, 4) is 0 Å². The van der Waals surface area contributed by atoms with E-state index in [4.69, 9.17) is 0 Å². The number of anilines is 1. The van der Waals surface area contributed by atoms with Crippen LogP contribution in [0.15, 0.2) is 74.6 Å². The van der Waals surface area contributed by atoms with Crippen LogP contribution in [0.2, 0.25) is 0 Å². The number of fused-ring (bicyclic) bond motifs is 1. The van der Waals surface area contributed by atoms with Gasteiger partial charge in [0.2, 0.25) is 5.91 Å². The van der Waals surface area contributed by atoms with Crippen LogP contribution in [-0.2, 0) is 25.0 Å². The van der Waals surface area contributed by atoms with Gasteiger partial charge in [0.1, 0.15) is 4.90 Å². The fourth-order valence-electron chi connectivity index (χ4n) is 2.64. The van der Waals surface area contributed by atoms with Crippen LogP contribution in [-0.4, -0.2) is 31.8 Å². The summed E-state index contributed by atoms with van der Waals surface area (Å²) in [7, 11) is -9.48. The third-order valence-electron chi connectivity index (χ3n) is 3.92. The first-order chi connectivity index (χ1) is 13.9. The van der Waals surface area contributed by atoms with Crippen molar-refractivity contribution in [2.45, 2.75) is 16.7 Å². The fraction of sp³-hybridized carbons (Fsp3) is 0.0556. The second-order valence-corrected chi connectivity index (χ2v) is 9.02. The predicted molar refractivity (Wildman–Crippen MR) is 108 cm³/mol. The van der Waals surface area contributed by atoms with Crippen LogP contribution in [0.25, 0.3) is 10.8 Å². The number of hydrogen-bond donors (Lipinski definition) is 3. The molecule has 0 heterocycles. The summed E-state index contributed by atoms with van der Waals surface area (Å²) in [5, 5.41) is 10.8. The molecule has 1 amide bonds. The van der Waals surface area contributed by atoms with Crippen LogP contribution in [0, 0.1) is 0 Å². The zero-order chi connectivity index (χ0) is 22.1. The second kappa shape index (κ2) is 7.91. The van der Waals surface area contributed by atoms with Gasteiger partial charge in [-0.3, -0.25) is 13.9 Å². The Kier molecular flexibility index (Phi) is 5.67. The molecule has 0 fully saturated rings. The van der Waals surface area contributed by atoms with E-state index in [9.17, 15) is 30.7 Å². The van der Waals surface area contributed by atoms with Crippen LogP contribution in [0.5, 0.6) is 0 Å². The molecule has 0 aliphatic rings. The van der Waals surface area contributed by atoms with E-state index in [0.717, 1.165) is 6.07 Å². The Hall–Kier alpha value is -3.19. The van der Waals surface area contributed by atoms with Gasteiger partial charge in [0, 0.05) is 18.0 Å². The number of azo groups is 1. The molecular formula is C18H15N3O7S2. The van der Waals surface area contributed by atoms with Crippen molar-refractivity contribution >= 4 is 54.0 Å². The quantitative estimate of drug-likeness (QED) is 0.395. The second-order valence-electron chi connectivity index (χ2n) is 6.21. The minimum atomic E-state index is -4.79. The molecule has 10 nitrogen and oxygen atoms in total. The maximum absolute atomic E-state index is 11.7. The first-order valence-corrected chi connectivity index (χ1v) is 11.1. The lowest BCUT2D eigenvalue weighted by Gasteiger charge is -2.07. The Morgan fingerprint density at radius 2 is 1.43 bits per heavy atom. The van der Waals surface area contributed by atoms with Crippen molar-refractivity contribution in [2.24, 2.45) is 10.2 Å². The van der Waals surface area contributed by atoms with Crippen molar-refractivity contribution in [1.82, 2.24) is 0 Å². The van der Waals surface area contributed by atoms with Gasteiger partial charge in [-0.1, -0.05) is 6.07 Å². The predicted octanol–water partition coefficient (Wildman–Crippen LogP) is 3.71. The van der Waals surface area contributed by atoms with Crippen LogP contribution in [0.3, 0.4) is 0 Å². The van der Waals surface area contributed by atoms with Crippen molar-refractivity contribution < 1.29 is 30.7 Å². The molecule has 3 N–H and O–H groups in total. The van der Waals surface area contributed by atoms with E-state index >= 15 is 0 Å². The molecule has 0 aromatic heterocycles. The van der Waals surface area contributed by atoms with Gasteiger partial charge in [-0.2, -0.15) is 27.1 Å². The third kappa shape index (κ3) is 5.04. The van der Waals surface area contributed by atoms with Crippen LogP contribution in [0.4, 0.5) is 17.1 Å². The maximum atomic E-state index is 11.7. The SMILES string of the molecule is CC(=O)Nc1ccc(/N=N/c2ccc3cc(S(=O)(=O)O)cc(S(=O)(=O)O)c3c2)cc1. The number of nitrogens with zero attached hydrogens (tertiary/aromatic N) is 2. The van der Waals surface area contributed by atoms with Gasteiger partial charge in [-0.25, -0.2) is 0 Å². The summed E-state index contributed by atoms with van der Waals surface area (Å²) in [6.07, 6.45) is 0. The molecule has 30 heavy (non-hydrogen) atoms. The topological polar surface area (TPSA) is 163 Å². The average molecular weight is 449 g/mol. The Bertz CT molecular complexity index is 1380. The maximum Gasteiger partial charge on any atom is 0.295 e. The molecule has 0 unspecified atom stereocenters. The summed E-state index contributed by atoms with van der Waals surface area (Å²) in [4.78, 5) is 9.67. The molecule has 0 atom stereocenters. The number of amides is 1. The smallest absolute Gasteiger partial charge is 0.295 e. The van der Waals surface area contributed by atoms with Crippen molar-refractivity contribution in [2.75, 3.05) is 5.32 Å². The summed E-state index contributed by atoms with van der Waals surface area (Å²) in [6, 6.07) is 12.4. The third-order valence-corrected chi connectivity index (χ3v) is 5.64. The molecule has 3 rings (SSSR count). The van der Waals surface area contributed by atoms with Gasteiger partial charge in [0.05, 0.1) is 16.3 Å². The largest absolute Gasteiger partial charge is 0.326 e. The highest BCUT2D eigenvalue weighted by atomic mass is 32.2. The van der Waals surface area contributed by atoms with Gasteiger partial charge in [0.15, 0.2) is 0 Å². The molecule has 0 spiro atoms. The molecular weight excluding hydrogens is 434 g/mol. The molecule has 3 aromatic rings. The minimum Gasteiger partial charge on any atom is -0.326 e. The molecule has 12 heteroatoms. The molecule has 0 saturated carbocycles. The van der Waals surface area contributed by atoms with Gasteiger partial charge in [-0.05, 0) is 53.9 Å². The summed E-state index contributed by atoms with van der Waals surface area (Å²) < 4.78 is 64.9. The highest BCUT2D eigenvalue weighted by Crippen LogP contribution is 2.31. The lowest BCUT2D eigenvalue weighted by atomic mass is 10.1. The van der Waals surface area contributed by atoms with Crippen molar-refractivity contribution in [1.29, 1.82) is 0 Å². The number of carbonyl (C=O) groups excluding carboxylic acids is 1. The van der Waals surface area contributed by atoms with Gasteiger partial charge >= 0.3 is 0 Å². The fourth-order valence-corrected chi connectivity index (χ4v) is 3.99. The Labute approximate surface area is 171 Å². The Morgan fingerprint density at radius 1 is 0.833 bits per heavy atom. The highest BCUT2D eigenvalue weighted by molar-refractivity contribution is 7.86. The zero-order valence-corrected chi connectivity index (χ0v) is 17.0. The van der Waals surface area contributed by atoms with Gasteiger partial charge in [0.25, 0.3) is 20.2 Å². The van der Waals surface area contributed by atoms with Gasteiger partial charge < -0.3 is 5.32 Å². The lowest BCUT2D eigenvalue weighted by molar-refractivity contribution is -0.114. The monoisotopic (exact) mass is 449 g/mol. The minimum absolute atomic E-state index is 0.00218. The van der Waals surface area contributed by atoms with Crippen LogP contribution >= 0.6 is 0 Å². The molecule has 156 valence electrons. The molecule has 0 aliphatic carbocycles. The van der Waals surface area contributed by atoms with E-state index in [1.165, 1.54) is 25.1 Å². The average Bonchev–Trinajstić information content (AvgIpc) is 2.64. The number of hydrogen-bond acceptors (Lipinski definition) is 7. The van der Waals surface area contributed by atoms with E-state index in [-0.39, 0.29) is 22.4 Å². The van der Waals surface area contributed by atoms with Crippen LogP contribution < -0.4 is 5.32 Å². The molecule has 0 aliphatic heterocycles.